The summed E-state index contributed by atoms with van der Waals surface area (Å²) in [5, 5.41) is 8.66. The van der Waals surface area contributed by atoms with Crippen LogP contribution < -0.4 is 0 Å². The predicted molar refractivity (Wildman–Crippen MR) is 49.3 cm³/mol. The summed E-state index contributed by atoms with van der Waals surface area (Å²) in [5.41, 5.74) is -0.227. The second-order valence-electron chi connectivity index (χ2n) is 3.56. The number of carboxylic acid groups (broad SMARTS) is 1. The molecule has 12 heavy (non-hydrogen) atoms. The molecule has 0 fully saturated rings. The normalized spacial score (nSPS) is 12.1. The SMILES string of the molecule is CCN(CC)C(C)(C)CC(=O)O. The Morgan fingerprint density at radius 3 is 2.00 bits per heavy atom. The molecule has 0 aliphatic carbocycles. The molecule has 0 aliphatic heterocycles. The van der Waals surface area contributed by atoms with E-state index < -0.39 is 5.97 Å². The van der Waals surface area contributed by atoms with Crippen LogP contribution in [0, 0.1) is 0 Å². The van der Waals surface area contributed by atoms with Crippen molar-refractivity contribution in [2.75, 3.05) is 13.1 Å². The minimum absolute atomic E-state index is 0.203. The molecule has 3 nitrogen and oxygen atoms in total. The third-order valence-electron chi connectivity index (χ3n) is 2.20. The Kier molecular flexibility index (Phi) is 4.24. The highest BCUT2D eigenvalue weighted by Gasteiger charge is 2.26. The molecule has 0 saturated carbocycles. The molecule has 0 heterocycles. The molecule has 0 bridgehead atoms. The summed E-state index contributed by atoms with van der Waals surface area (Å²) in [4.78, 5) is 12.7. The zero-order valence-electron chi connectivity index (χ0n) is 8.42. The molecule has 0 aliphatic rings. The molecule has 0 rings (SSSR count). The molecule has 0 saturated heterocycles. The van der Waals surface area contributed by atoms with Crippen molar-refractivity contribution in [1.82, 2.24) is 4.90 Å². The molecular weight excluding hydrogens is 154 g/mol. The molecule has 0 radical (unpaired) electrons. The van der Waals surface area contributed by atoms with Gasteiger partial charge in [0.2, 0.25) is 0 Å². The Morgan fingerprint density at radius 1 is 1.33 bits per heavy atom. The van der Waals surface area contributed by atoms with E-state index in [1.165, 1.54) is 0 Å². The highest BCUT2D eigenvalue weighted by Crippen LogP contribution is 2.17. The predicted octanol–water partition coefficient (Wildman–Crippen LogP) is 1.58. The smallest absolute Gasteiger partial charge is 0.305 e. The molecule has 1 N–H and O–H groups in total. The first-order valence-electron chi connectivity index (χ1n) is 4.41. The van der Waals surface area contributed by atoms with Crippen molar-refractivity contribution >= 4 is 5.97 Å². The molecule has 0 aromatic rings. The second kappa shape index (κ2) is 4.45. The number of aliphatic carboxylic acids is 1. The molecule has 72 valence electrons. The van der Waals surface area contributed by atoms with Gasteiger partial charge in [-0.25, -0.2) is 0 Å². The zero-order chi connectivity index (χ0) is 9.78. The topological polar surface area (TPSA) is 40.5 Å². The van der Waals surface area contributed by atoms with Crippen LogP contribution in [0.25, 0.3) is 0 Å². The molecule has 3 heteroatoms. The van der Waals surface area contributed by atoms with Gasteiger partial charge in [0.05, 0.1) is 6.42 Å². The minimum atomic E-state index is -0.730. The van der Waals surface area contributed by atoms with Crippen molar-refractivity contribution < 1.29 is 9.90 Å². The largest absolute Gasteiger partial charge is 0.481 e. The number of hydrogen-bond acceptors (Lipinski definition) is 2. The number of rotatable bonds is 5. The second-order valence-corrected chi connectivity index (χ2v) is 3.56. The van der Waals surface area contributed by atoms with Gasteiger partial charge in [-0.05, 0) is 26.9 Å². The Labute approximate surface area is 74.4 Å². The van der Waals surface area contributed by atoms with E-state index in [0.29, 0.717) is 0 Å². The fourth-order valence-corrected chi connectivity index (χ4v) is 1.56. The molecule has 0 amide bonds. The third-order valence-corrected chi connectivity index (χ3v) is 2.20. The van der Waals surface area contributed by atoms with E-state index in [0.717, 1.165) is 13.1 Å². The average Bonchev–Trinajstić information content (AvgIpc) is 1.85. The van der Waals surface area contributed by atoms with Crippen LogP contribution in [0.4, 0.5) is 0 Å². The van der Waals surface area contributed by atoms with Gasteiger partial charge in [-0.15, -0.1) is 0 Å². The quantitative estimate of drug-likeness (QED) is 0.686. The number of carboxylic acids is 1. The van der Waals surface area contributed by atoms with Crippen LogP contribution in [-0.2, 0) is 4.79 Å². The van der Waals surface area contributed by atoms with Gasteiger partial charge in [0.25, 0.3) is 0 Å². The van der Waals surface area contributed by atoms with Crippen molar-refractivity contribution in [3.8, 4) is 0 Å². The summed E-state index contributed by atoms with van der Waals surface area (Å²) in [5.74, 6) is -0.730. The first-order valence-corrected chi connectivity index (χ1v) is 4.41. The zero-order valence-corrected chi connectivity index (χ0v) is 8.42. The molecular formula is C9H19NO2. The van der Waals surface area contributed by atoms with Gasteiger partial charge in [0.1, 0.15) is 0 Å². The van der Waals surface area contributed by atoms with Gasteiger partial charge in [0.15, 0.2) is 0 Å². The summed E-state index contributed by atoms with van der Waals surface area (Å²) >= 11 is 0. The highest BCUT2D eigenvalue weighted by atomic mass is 16.4. The van der Waals surface area contributed by atoms with Gasteiger partial charge in [-0.2, -0.15) is 0 Å². The molecule has 0 aromatic carbocycles. The van der Waals surface area contributed by atoms with Crippen LogP contribution in [0.1, 0.15) is 34.1 Å². The third kappa shape index (κ3) is 3.22. The van der Waals surface area contributed by atoms with Crippen molar-refractivity contribution in [3.05, 3.63) is 0 Å². The summed E-state index contributed by atoms with van der Waals surface area (Å²) in [7, 11) is 0. The maximum atomic E-state index is 10.5. The fourth-order valence-electron chi connectivity index (χ4n) is 1.56. The van der Waals surface area contributed by atoms with Crippen LogP contribution in [0.5, 0.6) is 0 Å². The van der Waals surface area contributed by atoms with Crippen LogP contribution in [0.2, 0.25) is 0 Å². The summed E-state index contributed by atoms with van der Waals surface area (Å²) in [6, 6.07) is 0. The standard InChI is InChI=1S/C9H19NO2/c1-5-10(6-2)9(3,4)7-8(11)12/h5-7H2,1-4H3,(H,11,12). The van der Waals surface area contributed by atoms with Gasteiger partial charge in [-0.1, -0.05) is 13.8 Å². The van der Waals surface area contributed by atoms with E-state index in [1.54, 1.807) is 0 Å². The van der Waals surface area contributed by atoms with E-state index in [-0.39, 0.29) is 12.0 Å². The van der Waals surface area contributed by atoms with E-state index in [9.17, 15) is 4.79 Å². The van der Waals surface area contributed by atoms with Gasteiger partial charge in [0, 0.05) is 5.54 Å². The van der Waals surface area contributed by atoms with Crippen LogP contribution in [0.15, 0.2) is 0 Å². The summed E-state index contributed by atoms with van der Waals surface area (Å²) in [6.45, 7) is 9.83. The van der Waals surface area contributed by atoms with Crippen LogP contribution >= 0.6 is 0 Å². The lowest BCUT2D eigenvalue weighted by atomic mass is 9.98. The lowest BCUT2D eigenvalue weighted by Gasteiger charge is -2.35. The Bertz CT molecular complexity index is 151. The minimum Gasteiger partial charge on any atom is -0.481 e. The van der Waals surface area contributed by atoms with E-state index >= 15 is 0 Å². The van der Waals surface area contributed by atoms with Crippen molar-refractivity contribution in [3.63, 3.8) is 0 Å². The summed E-state index contributed by atoms with van der Waals surface area (Å²) < 4.78 is 0. The highest BCUT2D eigenvalue weighted by molar-refractivity contribution is 5.68. The maximum Gasteiger partial charge on any atom is 0.305 e. The Morgan fingerprint density at radius 2 is 1.75 bits per heavy atom. The molecule has 0 spiro atoms. The lowest BCUT2D eigenvalue weighted by molar-refractivity contribution is -0.139. The number of carbonyl (C=O) groups is 1. The average molecular weight is 173 g/mol. The lowest BCUT2D eigenvalue weighted by Crippen LogP contribution is -2.45. The number of nitrogens with zero attached hydrogens (tertiary/aromatic N) is 1. The van der Waals surface area contributed by atoms with Crippen molar-refractivity contribution in [2.24, 2.45) is 0 Å². The van der Waals surface area contributed by atoms with Gasteiger partial charge < -0.3 is 5.11 Å². The van der Waals surface area contributed by atoms with E-state index in [2.05, 4.69) is 4.90 Å². The summed E-state index contributed by atoms with van der Waals surface area (Å²) in [6.07, 6.45) is 0.203. The first-order chi connectivity index (χ1) is 5.44. The maximum absolute atomic E-state index is 10.5. The van der Waals surface area contributed by atoms with E-state index in [1.807, 2.05) is 27.7 Å². The first kappa shape index (κ1) is 11.4. The molecule has 0 unspecified atom stereocenters. The van der Waals surface area contributed by atoms with E-state index in [4.69, 9.17) is 5.11 Å². The number of hydrogen-bond donors (Lipinski definition) is 1. The van der Waals surface area contributed by atoms with Crippen LogP contribution in [0.3, 0.4) is 0 Å². The molecule has 0 aromatic heterocycles. The fraction of sp³-hybridized carbons (Fsp3) is 0.889. The van der Waals surface area contributed by atoms with Crippen molar-refractivity contribution in [2.45, 2.75) is 39.7 Å². The monoisotopic (exact) mass is 173 g/mol. The van der Waals surface area contributed by atoms with Gasteiger partial charge >= 0.3 is 5.97 Å². The van der Waals surface area contributed by atoms with Crippen LogP contribution in [-0.4, -0.2) is 34.6 Å². The van der Waals surface area contributed by atoms with Gasteiger partial charge in [-0.3, -0.25) is 9.69 Å². The van der Waals surface area contributed by atoms with Crippen molar-refractivity contribution in [1.29, 1.82) is 0 Å². The Balaban J connectivity index is 4.24. The Hall–Kier alpha value is -0.570. The molecule has 0 atom stereocenters.